The Morgan fingerprint density at radius 2 is 2.00 bits per heavy atom. The first-order valence-electron chi connectivity index (χ1n) is 5.85. The third kappa shape index (κ3) is 3.40. The zero-order valence-corrected chi connectivity index (χ0v) is 10.7. The maximum Gasteiger partial charge on any atom is 0.130 e. The van der Waals surface area contributed by atoms with Crippen LogP contribution in [-0.4, -0.2) is 11.1 Å². The number of aliphatic hydroxyl groups is 1. The molecule has 0 saturated heterocycles. The van der Waals surface area contributed by atoms with Gasteiger partial charge in [0.2, 0.25) is 0 Å². The summed E-state index contributed by atoms with van der Waals surface area (Å²) in [7, 11) is 0. The zero-order valence-electron chi connectivity index (χ0n) is 9.91. The molecule has 0 aliphatic carbocycles. The quantitative estimate of drug-likeness (QED) is 0.833. The molecule has 0 bridgehead atoms. The summed E-state index contributed by atoms with van der Waals surface area (Å²) in [5, 5.41) is 16.6. The molecule has 0 spiro atoms. The van der Waals surface area contributed by atoms with E-state index in [2.05, 4.69) is 29.1 Å². The highest BCUT2D eigenvalue weighted by Crippen LogP contribution is 2.14. The fourth-order valence-corrected chi connectivity index (χ4v) is 2.49. The van der Waals surface area contributed by atoms with Crippen LogP contribution in [0.5, 0.6) is 0 Å². The van der Waals surface area contributed by atoms with Gasteiger partial charge in [0, 0.05) is 5.56 Å². The van der Waals surface area contributed by atoms with E-state index in [1.54, 1.807) is 11.3 Å². The summed E-state index contributed by atoms with van der Waals surface area (Å²) < 4.78 is 0. The minimum atomic E-state index is -0.408. The number of quaternary nitrogens is 1. The highest BCUT2D eigenvalue weighted by molar-refractivity contribution is 7.07. The van der Waals surface area contributed by atoms with Crippen molar-refractivity contribution in [1.29, 1.82) is 0 Å². The SMILES string of the molecule is C[C@@H]([NH2+]Cc1ccsc1)[C@H](O)c1ccccc1. The molecule has 2 rings (SSSR count). The Labute approximate surface area is 106 Å². The summed E-state index contributed by atoms with van der Waals surface area (Å²) in [6.45, 7) is 2.98. The van der Waals surface area contributed by atoms with E-state index in [4.69, 9.17) is 0 Å². The summed E-state index contributed by atoms with van der Waals surface area (Å²) in [6.07, 6.45) is -0.408. The fraction of sp³-hybridized carbons (Fsp3) is 0.286. The van der Waals surface area contributed by atoms with Crippen molar-refractivity contribution in [3.8, 4) is 0 Å². The Morgan fingerprint density at radius 3 is 2.65 bits per heavy atom. The van der Waals surface area contributed by atoms with Crippen molar-refractivity contribution in [2.45, 2.75) is 25.6 Å². The molecule has 0 aliphatic rings. The first-order chi connectivity index (χ1) is 8.27. The van der Waals surface area contributed by atoms with E-state index in [9.17, 15) is 5.11 Å². The second-order valence-corrected chi connectivity index (χ2v) is 5.07. The van der Waals surface area contributed by atoms with Crippen LogP contribution in [0.1, 0.15) is 24.2 Å². The number of hydrogen-bond donors (Lipinski definition) is 2. The smallest absolute Gasteiger partial charge is 0.130 e. The van der Waals surface area contributed by atoms with E-state index in [-0.39, 0.29) is 6.04 Å². The van der Waals surface area contributed by atoms with Crippen LogP contribution in [0.2, 0.25) is 0 Å². The van der Waals surface area contributed by atoms with E-state index < -0.39 is 6.10 Å². The average Bonchev–Trinajstić information content (AvgIpc) is 2.89. The average molecular weight is 248 g/mol. The van der Waals surface area contributed by atoms with Crippen molar-refractivity contribution in [2.75, 3.05) is 0 Å². The van der Waals surface area contributed by atoms with Gasteiger partial charge in [-0.05, 0) is 29.3 Å². The molecule has 3 heteroatoms. The molecular weight excluding hydrogens is 230 g/mol. The maximum absolute atomic E-state index is 10.2. The highest BCUT2D eigenvalue weighted by Gasteiger charge is 2.18. The summed E-state index contributed by atoms with van der Waals surface area (Å²) in [6, 6.07) is 12.1. The lowest BCUT2D eigenvalue weighted by Crippen LogP contribution is -2.88. The summed E-state index contributed by atoms with van der Waals surface area (Å²) in [4.78, 5) is 0. The summed E-state index contributed by atoms with van der Waals surface area (Å²) >= 11 is 1.71. The van der Waals surface area contributed by atoms with Crippen LogP contribution in [0, 0.1) is 0 Å². The second kappa shape index (κ2) is 5.96. The van der Waals surface area contributed by atoms with Gasteiger partial charge in [0.15, 0.2) is 0 Å². The molecule has 0 amide bonds. The molecule has 0 saturated carbocycles. The van der Waals surface area contributed by atoms with Crippen LogP contribution in [-0.2, 0) is 6.54 Å². The molecule has 2 nitrogen and oxygen atoms in total. The van der Waals surface area contributed by atoms with Crippen molar-refractivity contribution < 1.29 is 10.4 Å². The van der Waals surface area contributed by atoms with Crippen LogP contribution in [0.4, 0.5) is 0 Å². The van der Waals surface area contributed by atoms with E-state index in [0.717, 1.165) is 12.1 Å². The normalized spacial score (nSPS) is 14.5. The minimum absolute atomic E-state index is 0.164. The Bertz CT molecular complexity index is 427. The second-order valence-electron chi connectivity index (χ2n) is 4.29. The molecule has 17 heavy (non-hydrogen) atoms. The van der Waals surface area contributed by atoms with E-state index in [1.807, 2.05) is 30.3 Å². The van der Waals surface area contributed by atoms with Crippen LogP contribution >= 0.6 is 11.3 Å². The molecule has 90 valence electrons. The van der Waals surface area contributed by atoms with Gasteiger partial charge in [0.05, 0.1) is 0 Å². The number of nitrogens with two attached hydrogens (primary N) is 1. The number of hydrogen-bond acceptors (Lipinski definition) is 2. The molecule has 2 aromatic rings. The van der Waals surface area contributed by atoms with Gasteiger partial charge >= 0.3 is 0 Å². The van der Waals surface area contributed by atoms with Crippen LogP contribution in [0.25, 0.3) is 0 Å². The first kappa shape index (κ1) is 12.3. The molecule has 0 fully saturated rings. The topological polar surface area (TPSA) is 36.8 Å². The molecule has 1 aromatic heterocycles. The number of thiophene rings is 1. The lowest BCUT2D eigenvalue weighted by molar-refractivity contribution is -0.709. The number of aliphatic hydroxyl groups excluding tert-OH is 1. The fourth-order valence-electron chi connectivity index (χ4n) is 1.81. The summed E-state index contributed by atoms with van der Waals surface area (Å²) in [5.74, 6) is 0. The third-order valence-electron chi connectivity index (χ3n) is 2.94. The third-order valence-corrected chi connectivity index (χ3v) is 3.68. The highest BCUT2D eigenvalue weighted by atomic mass is 32.1. The van der Waals surface area contributed by atoms with Crippen LogP contribution in [0.3, 0.4) is 0 Å². The van der Waals surface area contributed by atoms with Gasteiger partial charge in [-0.3, -0.25) is 0 Å². The van der Waals surface area contributed by atoms with Crippen LogP contribution in [0.15, 0.2) is 47.2 Å². The van der Waals surface area contributed by atoms with Gasteiger partial charge in [-0.1, -0.05) is 30.3 Å². The molecule has 2 atom stereocenters. The minimum Gasteiger partial charge on any atom is -0.382 e. The maximum atomic E-state index is 10.2. The monoisotopic (exact) mass is 248 g/mol. The molecule has 1 heterocycles. The zero-order chi connectivity index (χ0) is 12.1. The van der Waals surface area contributed by atoms with Crippen LogP contribution < -0.4 is 5.32 Å². The Kier molecular flexibility index (Phi) is 4.31. The van der Waals surface area contributed by atoms with E-state index in [0.29, 0.717) is 0 Å². The van der Waals surface area contributed by atoms with Crippen molar-refractivity contribution >= 4 is 11.3 Å². The predicted octanol–water partition coefficient (Wildman–Crippen LogP) is 1.93. The van der Waals surface area contributed by atoms with Gasteiger partial charge in [0.25, 0.3) is 0 Å². The largest absolute Gasteiger partial charge is 0.382 e. The summed E-state index contributed by atoms with van der Waals surface area (Å²) in [5.41, 5.74) is 2.31. The van der Waals surface area contributed by atoms with Gasteiger partial charge in [-0.25, -0.2) is 0 Å². The van der Waals surface area contributed by atoms with Gasteiger partial charge in [-0.15, -0.1) is 0 Å². The van der Waals surface area contributed by atoms with Gasteiger partial charge in [-0.2, -0.15) is 11.3 Å². The van der Waals surface area contributed by atoms with Crippen molar-refractivity contribution in [1.82, 2.24) is 0 Å². The molecule has 0 radical (unpaired) electrons. The molecular formula is C14H18NOS+. The molecule has 3 N–H and O–H groups in total. The Balaban J connectivity index is 1.89. The van der Waals surface area contributed by atoms with Crippen molar-refractivity contribution in [2.24, 2.45) is 0 Å². The van der Waals surface area contributed by atoms with Gasteiger partial charge in [0.1, 0.15) is 18.7 Å². The lowest BCUT2D eigenvalue weighted by atomic mass is 10.0. The molecule has 0 unspecified atom stereocenters. The standard InChI is InChI=1S/C14H17NOS/c1-11(15-9-12-7-8-17-10-12)14(16)13-5-3-2-4-6-13/h2-8,10-11,14-16H,9H2,1H3/p+1/t11-,14+/m1/s1. The Morgan fingerprint density at radius 1 is 1.24 bits per heavy atom. The van der Waals surface area contributed by atoms with E-state index >= 15 is 0 Å². The molecule has 1 aromatic carbocycles. The van der Waals surface area contributed by atoms with Gasteiger partial charge < -0.3 is 10.4 Å². The lowest BCUT2D eigenvalue weighted by Gasteiger charge is -2.17. The first-order valence-corrected chi connectivity index (χ1v) is 6.79. The predicted molar refractivity (Wildman–Crippen MR) is 70.8 cm³/mol. The Hall–Kier alpha value is -1.16. The van der Waals surface area contributed by atoms with Crippen molar-refractivity contribution in [3.05, 3.63) is 58.3 Å². The van der Waals surface area contributed by atoms with E-state index in [1.165, 1.54) is 5.56 Å². The molecule has 0 aliphatic heterocycles. The van der Waals surface area contributed by atoms with Crippen molar-refractivity contribution in [3.63, 3.8) is 0 Å². The number of rotatable bonds is 5. The number of benzene rings is 1.